The summed E-state index contributed by atoms with van der Waals surface area (Å²) in [4.78, 5) is 34.6. The molecule has 14 heavy (non-hydrogen) atoms. The number of aromatic amines is 2. The monoisotopic (exact) mass is 220 g/mol. The van der Waals surface area contributed by atoms with Gasteiger partial charge in [-0.3, -0.25) is 14.3 Å². The van der Waals surface area contributed by atoms with Gasteiger partial charge in [-0.05, 0) is 0 Å². The van der Waals surface area contributed by atoms with Crippen molar-refractivity contribution in [3.05, 3.63) is 32.6 Å². The molecule has 1 heterocycles. The van der Waals surface area contributed by atoms with Gasteiger partial charge >= 0.3 is 5.69 Å². The number of aromatic nitrogens is 2. The van der Waals surface area contributed by atoms with E-state index in [4.69, 9.17) is 10.00 Å². The predicted molar refractivity (Wildman–Crippen MR) is 48.3 cm³/mol. The Morgan fingerprint density at radius 1 is 1.36 bits per heavy atom. The smallest absolute Gasteiger partial charge is 0.325 e. The van der Waals surface area contributed by atoms with E-state index in [9.17, 15) is 14.2 Å². The van der Waals surface area contributed by atoms with Crippen LogP contribution in [0.5, 0.6) is 0 Å². The third kappa shape index (κ3) is 2.95. The third-order valence-electron chi connectivity index (χ3n) is 1.45. The van der Waals surface area contributed by atoms with E-state index < -0.39 is 31.1 Å². The zero-order valence-corrected chi connectivity index (χ0v) is 7.95. The van der Waals surface area contributed by atoms with E-state index >= 15 is 0 Å². The molecule has 0 saturated heterocycles. The Hall–Kier alpha value is -1.17. The highest BCUT2D eigenvalue weighted by molar-refractivity contribution is 7.56. The fourth-order valence-electron chi connectivity index (χ4n) is 0.921. The van der Waals surface area contributed by atoms with Crippen LogP contribution in [0.15, 0.2) is 15.7 Å². The van der Waals surface area contributed by atoms with Crippen LogP contribution >= 0.6 is 7.37 Å². The van der Waals surface area contributed by atoms with E-state index in [1.165, 1.54) is 0 Å². The molecule has 1 rings (SSSR count). The molecular formula is C6H9N2O5P. The number of nitrogens with one attached hydrogen (secondary N) is 2. The van der Waals surface area contributed by atoms with Crippen molar-refractivity contribution in [3.63, 3.8) is 0 Å². The van der Waals surface area contributed by atoms with Crippen molar-refractivity contribution in [2.24, 2.45) is 0 Å². The molecule has 8 heteroatoms. The van der Waals surface area contributed by atoms with Crippen molar-refractivity contribution in [2.45, 2.75) is 6.16 Å². The van der Waals surface area contributed by atoms with Crippen molar-refractivity contribution in [3.8, 4) is 0 Å². The molecule has 0 saturated carbocycles. The van der Waals surface area contributed by atoms with Crippen LogP contribution in [0.1, 0.15) is 5.69 Å². The van der Waals surface area contributed by atoms with E-state index in [1.54, 1.807) is 0 Å². The molecule has 0 aliphatic carbocycles. The quantitative estimate of drug-likeness (QED) is 0.475. The van der Waals surface area contributed by atoms with Gasteiger partial charge in [-0.1, -0.05) is 0 Å². The van der Waals surface area contributed by atoms with Crippen molar-refractivity contribution in [1.82, 2.24) is 9.97 Å². The highest BCUT2D eigenvalue weighted by Gasteiger charge is 2.17. The van der Waals surface area contributed by atoms with Crippen molar-refractivity contribution in [2.75, 3.05) is 6.35 Å². The molecule has 4 N–H and O–H groups in total. The summed E-state index contributed by atoms with van der Waals surface area (Å²) in [7, 11) is -3.70. The van der Waals surface area contributed by atoms with Crippen LogP contribution in [-0.4, -0.2) is 26.3 Å². The second-order valence-corrected chi connectivity index (χ2v) is 5.05. The van der Waals surface area contributed by atoms with Crippen LogP contribution in [0.2, 0.25) is 0 Å². The first-order valence-corrected chi connectivity index (χ1v) is 5.70. The normalized spacial score (nSPS) is 15.0. The Morgan fingerprint density at radius 3 is 2.50 bits per heavy atom. The van der Waals surface area contributed by atoms with E-state index in [-0.39, 0.29) is 5.69 Å². The molecule has 0 fully saturated rings. The van der Waals surface area contributed by atoms with Gasteiger partial charge in [-0.2, -0.15) is 0 Å². The van der Waals surface area contributed by atoms with Crippen molar-refractivity contribution >= 4 is 7.37 Å². The zero-order valence-electron chi connectivity index (χ0n) is 7.06. The van der Waals surface area contributed by atoms with Crippen LogP contribution in [0.25, 0.3) is 0 Å². The molecule has 0 radical (unpaired) electrons. The van der Waals surface area contributed by atoms with Crippen LogP contribution < -0.4 is 11.2 Å². The summed E-state index contributed by atoms with van der Waals surface area (Å²) >= 11 is 0. The molecule has 7 nitrogen and oxygen atoms in total. The average molecular weight is 220 g/mol. The number of aliphatic hydroxyl groups excluding tert-OH is 1. The number of aliphatic hydroxyl groups is 1. The second-order valence-electron chi connectivity index (χ2n) is 2.76. The van der Waals surface area contributed by atoms with E-state index in [1.807, 2.05) is 4.98 Å². The van der Waals surface area contributed by atoms with Gasteiger partial charge in [0.25, 0.3) is 5.56 Å². The lowest BCUT2D eigenvalue weighted by Crippen LogP contribution is -2.23. The standard InChI is InChI=1S/C6H9N2O5P/c9-3-14(12,13)2-4-1-5(10)8-6(11)7-4/h1,9H,2-3H2,(H,12,13)(H2,7,8,10,11). The second kappa shape index (κ2) is 3.91. The summed E-state index contributed by atoms with van der Waals surface area (Å²) in [5, 5.41) is 8.50. The molecule has 0 aliphatic rings. The maximum Gasteiger partial charge on any atom is 0.325 e. The molecule has 1 aromatic heterocycles. The first kappa shape index (κ1) is 10.9. The summed E-state index contributed by atoms with van der Waals surface area (Å²) in [6.07, 6.45) is -1.31. The Morgan fingerprint density at radius 2 is 2.00 bits per heavy atom. The fraction of sp³-hybridized carbons (Fsp3) is 0.333. The average Bonchev–Trinajstić information content (AvgIpc) is 2.01. The van der Waals surface area contributed by atoms with Crippen LogP contribution in [0, 0.1) is 0 Å². The molecule has 1 aromatic rings. The number of H-pyrrole nitrogens is 2. The predicted octanol–water partition coefficient (Wildman–Crippen LogP) is -1.22. The lowest BCUT2D eigenvalue weighted by Gasteiger charge is -2.06. The van der Waals surface area contributed by atoms with E-state index in [0.29, 0.717) is 0 Å². The molecular weight excluding hydrogens is 211 g/mol. The molecule has 0 spiro atoms. The van der Waals surface area contributed by atoms with Gasteiger partial charge in [-0.15, -0.1) is 0 Å². The number of hydrogen-bond acceptors (Lipinski definition) is 4. The summed E-state index contributed by atoms with van der Waals surface area (Å²) < 4.78 is 11.0. The van der Waals surface area contributed by atoms with Gasteiger partial charge in [0, 0.05) is 11.8 Å². The van der Waals surface area contributed by atoms with Gasteiger partial charge in [-0.25, -0.2) is 4.79 Å². The van der Waals surface area contributed by atoms with Gasteiger partial charge < -0.3 is 15.0 Å². The first-order chi connectivity index (χ1) is 6.43. The minimum atomic E-state index is -3.70. The molecule has 1 unspecified atom stereocenters. The maximum atomic E-state index is 11.0. The minimum absolute atomic E-state index is 0.0265. The Labute approximate surface area is 77.9 Å². The summed E-state index contributed by atoms with van der Waals surface area (Å²) in [6, 6.07) is 1.000. The van der Waals surface area contributed by atoms with Crippen molar-refractivity contribution < 1.29 is 14.6 Å². The zero-order chi connectivity index (χ0) is 10.8. The minimum Gasteiger partial charge on any atom is -0.386 e. The van der Waals surface area contributed by atoms with Crippen LogP contribution in [-0.2, 0) is 10.7 Å². The van der Waals surface area contributed by atoms with E-state index in [2.05, 4.69) is 4.98 Å². The molecule has 1 atom stereocenters. The Bertz CT molecular complexity index is 447. The largest absolute Gasteiger partial charge is 0.386 e. The molecule has 78 valence electrons. The summed E-state index contributed by atoms with van der Waals surface area (Å²) in [5.41, 5.74) is -1.37. The highest BCUT2D eigenvalue weighted by atomic mass is 31.2. The molecule has 0 amide bonds. The number of hydrogen-bond donors (Lipinski definition) is 4. The van der Waals surface area contributed by atoms with Crippen LogP contribution in [0.3, 0.4) is 0 Å². The topological polar surface area (TPSA) is 123 Å². The third-order valence-corrected chi connectivity index (χ3v) is 2.73. The Kier molecular flexibility index (Phi) is 3.05. The van der Waals surface area contributed by atoms with Gasteiger partial charge in [0.15, 0.2) is 0 Å². The fourth-order valence-corrected chi connectivity index (χ4v) is 1.72. The SMILES string of the molecule is O=c1cc(CP(=O)(O)CO)[nH]c(=O)[nH]1. The van der Waals surface area contributed by atoms with Crippen molar-refractivity contribution in [1.29, 1.82) is 0 Å². The lowest BCUT2D eigenvalue weighted by atomic mass is 10.4. The van der Waals surface area contributed by atoms with E-state index in [0.717, 1.165) is 6.07 Å². The van der Waals surface area contributed by atoms with Gasteiger partial charge in [0.05, 0.1) is 6.16 Å². The Balaban J connectivity index is 3.04. The number of rotatable bonds is 3. The maximum absolute atomic E-state index is 11.0. The first-order valence-electron chi connectivity index (χ1n) is 3.67. The molecule has 0 aliphatic heterocycles. The molecule has 0 aromatic carbocycles. The highest BCUT2D eigenvalue weighted by Crippen LogP contribution is 2.41. The van der Waals surface area contributed by atoms with Gasteiger partial charge in [0.1, 0.15) is 6.35 Å². The lowest BCUT2D eigenvalue weighted by molar-refractivity contribution is 0.332. The summed E-state index contributed by atoms with van der Waals surface area (Å²) in [5.74, 6) is 0. The summed E-state index contributed by atoms with van der Waals surface area (Å²) in [6.45, 7) is 0. The van der Waals surface area contributed by atoms with Gasteiger partial charge in [0.2, 0.25) is 7.37 Å². The molecule has 0 bridgehead atoms. The van der Waals surface area contributed by atoms with Crippen LogP contribution in [0.4, 0.5) is 0 Å².